The fraction of sp³-hybridized carbons (Fsp3) is 0.636. The van der Waals surface area contributed by atoms with Crippen LogP contribution in [0.4, 0.5) is 11.6 Å². The van der Waals surface area contributed by atoms with Crippen molar-refractivity contribution < 1.29 is 4.74 Å². The molecule has 0 saturated carbocycles. The molecule has 0 aliphatic rings. The minimum Gasteiger partial charge on any atom is -0.385 e. The molecule has 5 nitrogen and oxygen atoms in total. The molecular weight excluding hydrogens is 204 g/mol. The van der Waals surface area contributed by atoms with Crippen molar-refractivity contribution in [2.24, 2.45) is 0 Å². The van der Waals surface area contributed by atoms with Crippen molar-refractivity contribution in [1.82, 2.24) is 9.97 Å². The molecule has 0 spiro atoms. The molecule has 0 fully saturated rings. The first-order chi connectivity index (χ1) is 7.76. The number of hydrogen-bond donors (Lipinski definition) is 2. The number of nitrogens with one attached hydrogen (secondary N) is 1. The van der Waals surface area contributed by atoms with Crippen LogP contribution in [0.3, 0.4) is 0 Å². The highest BCUT2D eigenvalue weighted by atomic mass is 16.5. The zero-order chi connectivity index (χ0) is 11.8. The molecule has 0 aromatic carbocycles. The molecule has 1 aromatic rings. The monoisotopic (exact) mass is 224 g/mol. The van der Waals surface area contributed by atoms with E-state index in [1.807, 2.05) is 6.92 Å². The quantitative estimate of drug-likeness (QED) is 0.686. The van der Waals surface area contributed by atoms with Gasteiger partial charge in [0, 0.05) is 32.7 Å². The van der Waals surface area contributed by atoms with Crippen molar-refractivity contribution in [2.45, 2.75) is 26.2 Å². The lowest BCUT2D eigenvalue weighted by Crippen LogP contribution is -2.08. The van der Waals surface area contributed by atoms with E-state index in [0.717, 1.165) is 44.1 Å². The van der Waals surface area contributed by atoms with Gasteiger partial charge < -0.3 is 15.8 Å². The smallest absolute Gasteiger partial charge is 0.132 e. The molecule has 0 saturated heterocycles. The van der Waals surface area contributed by atoms with E-state index >= 15 is 0 Å². The second kappa shape index (κ2) is 7.00. The Labute approximate surface area is 96.4 Å². The molecule has 0 unspecified atom stereocenters. The minimum atomic E-state index is 0.520. The van der Waals surface area contributed by atoms with E-state index in [4.69, 9.17) is 10.5 Å². The van der Waals surface area contributed by atoms with E-state index in [-0.39, 0.29) is 0 Å². The summed E-state index contributed by atoms with van der Waals surface area (Å²) in [6, 6.07) is 1.76. The number of ether oxygens (including phenoxy) is 1. The van der Waals surface area contributed by atoms with Crippen molar-refractivity contribution in [2.75, 3.05) is 31.3 Å². The number of rotatable bonds is 7. The van der Waals surface area contributed by atoms with Crippen LogP contribution < -0.4 is 11.1 Å². The second-order valence-electron chi connectivity index (χ2n) is 3.57. The second-order valence-corrected chi connectivity index (χ2v) is 3.57. The highest BCUT2D eigenvalue weighted by molar-refractivity contribution is 5.44. The van der Waals surface area contributed by atoms with Crippen LogP contribution in [0.5, 0.6) is 0 Å². The minimum absolute atomic E-state index is 0.520. The van der Waals surface area contributed by atoms with Gasteiger partial charge in [-0.2, -0.15) is 0 Å². The Morgan fingerprint density at radius 2 is 2.19 bits per heavy atom. The number of nitrogen functional groups attached to an aromatic ring is 1. The van der Waals surface area contributed by atoms with Gasteiger partial charge in [-0.15, -0.1) is 0 Å². The highest BCUT2D eigenvalue weighted by Crippen LogP contribution is 2.08. The van der Waals surface area contributed by atoms with Crippen LogP contribution in [0.15, 0.2) is 6.07 Å². The summed E-state index contributed by atoms with van der Waals surface area (Å²) >= 11 is 0. The van der Waals surface area contributed by atoms with E-state index in [0.29, 0.717) is 5.82 Å². The molecule has 0 bridgehead atoms. The van der Waals surface area contributed by atoms with Gasteiger partial charge in [0.05, 0.1) is 0 Å². The average Bonchev–Trinajstić information content (AvgIpc) is 2.28. The maximum absolute atomic E-state index is 5.68. The molecule has 0 amide bonds. The molecule has 1 aromatic heterocycles. The molecule has 0 radical (unpaired) electrons. The number of aryl methyl sites for hydroxylation is 1. The third-order valence-corrected chi connectivity index (χ3v) is 2.19. The summed E-state index contributed by atoms with van der Waals surface area (Å²) in [7, 11) is 1.71. The van der Waals surface area contributed by atoms with Gasteiger partial charge >= 0.3 is 0 Å². The van der Waals surface area contributed by atoms with Crippen LogP contribution >= 0.6 is 0 Å². The zero-order valence-corrected chi connectivity index (χ0v) is 9.99. The van der Waals surface area contributed by atoms with Crippen molar-refractivity contribution in [3.05, 3.63) is 11.9 Å². The largest absolute Gasteiger partial charge is 0.385 e. The van der Waals surface area contributed by atoms with Crippen LogP contribution in [0.25, 0.3) is 0 Å². The Kier molecular flexibility index (Phi) is 5.56. The van der Waals surface area contributed by atoms with Crippen molar-refractivity contribution in [1.29, 1.82) is 0 Å². The van der Waals surface area contributed by atoms with E-state index in [1.54, 1.807) is 13.2 Å². The van der Waals surface area contributed by atoms with E-state index < -0.39 is 0 Å². The van der Waals surface area contributed by atoms with Crippen LogP contribution in [-0.2, 0) is 11.2 Å². The Morgan fingerprint density at radius 3 is 2.88 bits per heavy atom. The van der Waals surface area contributed by atoms with Gasteiger partial charge in [0.15, 0.2) is 0 Å². The predicted octanol–water partition coefficient (Wildman–Crippen LogP) is 1.46. The summed E-state index contributed by atoms with van der Waals surface area (Å²) in [5, 5.41) is 3.23. The number of unbranched alkanes of at least 4 members (excludes halogenated alkanes) is 1. The number of hydrogen-bond acceptors (Lipinski definition) is 5. The van der Waals surface area contributed by atoms with Gasteiger partial charge in [0.1, 0.15) is 17.5 Å². The van der Waals surface area contributed by atoms with Gasteiger partial charge in [-0.05, 0) is 12.8 Å². The summed E-state index contributed by atoms with van der Waals surface area (Å²) in [4.78, 5) is 8.45. The zero-order valence-electron chi connectivity index (χ0n) is 9.99. The maximum atomic E-state index is 5.68. The number of nitrogens with two attached hydrogens (primary N) is 1. The van der Waals surface area contributed by atoms with Crippen LogP contribution in [-0.4, -0.2) is 30.2 Å². The molecule has 90 valence electrons. The highest BCUT2D eigenvalue weighted by Gasteiger charge is 2.00. The number of anilines is 2. The molecule has 0 atom stereocenters. The summed E-state index contributed by atoms with van der Waals surface area (Å²) < 4.78 is 4.98. The number of aromatic nitrogens is 2. The first kappa shape index (κ1) is 12.7. The van der Waals surface area contributed by atoms with Gasteiger partial charge in [-0.25, -0.2) is 9.97 Å². The van der Waals surface area contributed by atoms with E-state index in [9.17, 15) is 0 Å². The van der Waals surface area contributed by atoms with Gasteiger partial charge in [-0.3, -0.25) is 0 Å². The third kappa shape index (κ3) is 4.44. The van der Waals surface area contributed by atoms with Crippen LogP contribution in [0.2, 0.25) is 0 Å². The summed E-state index contributed by atoms with van der Waals surface area (Å²) in [5.74, 6) is 2.10. The molecule has 5 heteroatoms. The molecule has 1 rings (SSSR count). The molecule has 1 heterocycles. The van der Waals surface area contributed by atoms with Gasteiger partial charge in [0.25, 0.3) is 0 Å². The maximum Gasteiger partial charge on any atom is 0.132 e. The number of methoxy groups -OCH3 is 1. The standard InChI is InChI=1S/C11H20N4O/c1-3-10-14-9(12)8-11(15-10)13-6-4-5-7-16-2/h8H,3-7H2,1-2H3,(H3,12,13,14,15). The Morgan fingerprint density at radius 1 is 1.38 bits per heavy atom. The summed E-state index contributed by atoms with van der Waals surface area (Å²) in [5.41, 5.74) is 5.68. The average molecular weight is 224 g/mol. The lowest BCUT2D eigenvalue weighted by molar-refractivity contribution is 0.194. The predicted molar refractivity (Wildman–Crippen MR) is 65.4 cm³/mol. The lowest BCUT2D eigenvalue weighted by atomic mass is 10.3. The Bertz CT molecular complexity index is 317. The Hall–Kier alpha value is -1.36. The SMILES string of the molecule is CCc1nc(N)cc(NCCCCOC)n1. The first-order valence-corrected chi connectivity index (χ1v) is 5.62. The topological polar surface area (TPSA) is 73.1 Å². The van der Waals surface area contributed by atoms with Crippen molar-refractivity contribution in [3.8, 4) is 0 Å². The molecule has 3 N–H and O–H groups in total. The molecule has 0 aliphatic carbocycles. The third-order valence-electron chi connectivity index (χ3n) is 2.19. The van der Waals surface area contributed by atoms with Crippen molar-refractivity contribution >= 4 is 11.6 Å². The van der Waals surface area contributed by atoms with Crippen molar-refractivity contribution in [3.63, 3.8) is 0 Å². The van der Waals surface area contributed by atoms with E-state index in [2.05, 4.69) is 15.3 Å². The lowest BCUT2D eigenvalue weighted by Gasteiger charge is -2.07. The van der Waals surface area contributed by atoms with E-state index in [1.165, 1.54) is 0 Å². The van der Waals surface area contributed by atoms with Crippen LogP contribution in [0, 0.1) is 0 Å². The summed E-state index contributed by atoms with van der Waals surface area (Å²) in [6.45, 7) is 3.69. The molecular formula is C11H20N4O. The first-order valence-electron chi connectivity index (χ1n) is 5.62. The fourth-order valence-corrected chi connectivity index (χ4v) is 1.35. The summed E-state index contributed by atoms with van der Waals surface area (Å²) in [6.07, 6.45) is 2.90. The number of nitrogens with zero attached hydrogens (tertiary/aromatic N) is 2. The van der Waals surface area contributed by atoms with Gasteiger partial charge in [0.2, 0.25) is 0 Å². The normalized spacial score (nSPS) is 10.4. The Balaban J connectivity index is 2.38. The molecule has 16 heavy (non-hydrogen) atoms. The van der Waals surface area contributed by atoms with Crippen LogP contribution in [0.1, 0.15) is 25.6 Å². The molecule has 0 aliphatic heterocycles. The fourth-order valence-electron chi connectivity index (χ4n) is 1.35. The van der Waals surface area contributed by atoms with Gasteiger partial charge in [-0.1, -0.05) is 6.92 Å².